The fourth-order valence-corrected chi connectivity index (χ4v) is 4.35. The lowest BCUT2D eigenvalue weighted by molar-refractivity contribution is -0.00332. The van der Waals surface area contributed by atoms with E-state index in [1.165, 1.54) is 14.2 Å². The van der Waals surface area contributed by atoms with Crippen molar-refractivity contribution in [2.24, 2.45) is 0 Å². The Morgan fingerprint density at radius 2 is 1.62 bits per heavy atom. The number of aliphatic hydroxyl groups is 2. The maximum atomic E-state index is 10.7. The van der Waals surface area contributed by atoms with Gasteiger partial charge in [-0.3, -0.25) is 0 Å². The van der Waals surface area contributed by atoms with Crippen molar-refractivity contribution < 1.29 is 39.4 Å². The maximum Gasteiger partial charge on any atom is 0.201 e. The summed E-state index contributed by atoms with van der Waals surface area (Å²) in [5.74, 6) is 1.26. The third-order valence-electron chi connectivity index (χ3n) is 5.98. The van der Waals surface area contributed by atoms with Crippen LogP contribution in [-0.2, 0) is 12.8 Å². The van der Waals surface area contributed by atoms with Crippen LogP contribution in [0.3, 0.4) is 0 Å². The molecule has 0 fully saturated rings. The molecule has 3 aromatic carbocycles. The predicted octanol–water partition coefficient (Wildman–Crippen LogP) is 3.36. The zero-order chi connectivity index (χ0) is 24.4. The predicted molar refractivity (Wildman–Crippen MR) is 125 cm³/mol. The fourth-order valence-electron chi connectivity index (χ4n) is 4.35. The molecule has 0 radical (unpaired) electrons. The molecule has 1 aliphatic rings. The van der Waals surface area contributed by atoms with Gasteiger partial charge >= 0.3 is 0 Å². The number of aliphatic hydroxyl groups excluding tert-OH is 2. The Morgan fingerprint density at radius 3 is 2.26 bits per heavy atom. The number of rotatable bonds is 8. The highest BCUT2D eigenvalue weighted by Crippen LogP contribution is 2.56. The molecule has 4 N–H and O–H groups in total. The van der Waals surface area contributed by atoms with Gasteiger partial charge in [-0.05, 0) is 54.3 Å². The highest BCUT2D eigenvalue weighted by Gasteiger charge is 2.37. The number of benzene rings is 3. The standard InChI is InChI=1S/C26H28O8/c1-31-19-10-15(8-7-14-5-4-6-16(28)9-14)11-20-23(19)22-17(25(34-20)18(29)13-27)12-21(32-2)24(30)26(22)33-3/h4-6,9-12,18,25,27-30H,7-8,13H2,1-3H3/t18-,25-/m1/s1. The lowest BCUT2D eigenvalue weighted by atomic mass is 9.87. The topological polar surface area (TPSA) is 118 Å². The molecule has 8 heteroatoms. The van der Waals surface area contributed by atoms with Crippen LogP contribution in [0.4, 0.5) is 0 Å². The van der Waals surface area contributed by atoms with Gasteiger partial charge in [-0.2, -0.15) is 0 Å². The summed E-state index contributed by atoms with van der Waals surface area (Å²) < 4.78 is 22.7. The van der Waals surface area contributed by atoms with E-state index in [0.29, 0.717) is 41.0 Å². The molecule has 0 saturated heterocycles. The number of aryl methyl sites for hydroxylation is 2. The van der Waals surface area contributed by atoms with Gasteiger partial charge < -0.3 is 39.4 Å². The number of ether oxygens (including phenoxy) is 4. The number of aromatic hydroxyl groups is 2. The molecule has 34 heavy (non-hydrogen) atoms. The van der Waals surface area contributed by atoms with Gasteiger partial charge in [0.05, 0.1) is 33.5 Å². The lowest BCUT2D eigenvalue weighted by Crippen LogP contribution is -2.30. The Morgan fingerprint density at radius 1 is 0.882 bits per heavy atom. The summed E-state index contributed by atoms with van der Waals surface area (Å²) in [5.41, 5.74) is 3.45. The molecule has 1 aliphatic heterocycles. The molecule has 180 valence electrons. The second-order valence-electron chi connectivity index (χ2n) is 8.05. The Kier molecular flexibility index (Phi) is 6.72. The average Bonchev–Trinajstić information content (AvgIpc) is 2.85. The van der Waals surface area contributed by atoms with Crippen molar-refractivity contribution in [2.45, 2.75) is 25.0 Å². The average molecular weight is 469 g/mol. The van der Waals surface area contributed by atoms with Crippen LogP contribution in [0, 0.1) is 0 Å². The number of fused-ring (bicyclic) bond motifs is 3. The van der Waals surface area contributed by atoms with Crippen molar-refractivity contribution in [1.29, 1.82) is 0 Å². The summed E-state index contributed by atoms with van der Waals surface area (Å²) in [6, 6.07) is 12.4. The molecule has 0 amide bonds. The monoisotopic (exact) mass is 468 g/mol. The minimum atomic E-state index is -1.23. The Balaban J connectivity index is 1.85. The molecule has 0 saturated carbocycles. The van der Waals surface area contributed by atoms with Crippen LogP contribution in [-0.4, -0.2) is 54.5 Å². The van der Waals surface area contributed by atoms with Gasteiger partial charge in [0.15, 0.2) is 17.6 Å². The smallest absolute Gasteiger partial charge is 0.201 e. The number of methoxy groups -OCH3 is 3. The van der Waals surface area contributed by atoms with E-state index in [1.807, 2.05) is 18.2 Å². The van der Waals surface area contributed by atoms with Gasteiger partial charge in [0.1, 0.15) is 23.4 Å². The third kappa shape index (κ3) is 4.18. The van der Waals surface area contributed by atoms with Crippen LogP contribution in [0.5, 0.6) is 34.5 Å². The van der Waals surface area contributed by atoms with E-state index in [9.17, 15) is 20.4 Å². The zero-order valence-electron chi connectivity index (χ0n) is 19.2. The normalized spacial score (nSPS) is 15.0. The van der Waals surface area contributed by atoms with Crippen molar-refractivity contribution in [3.63, 3.8) is 0 Å². The molecule has 3 aromatic rings. The molecule has 2 atom stereocenters. The summed E-state index contributed by atoms with van der Waals surface area (Å²) >= 11 is 0. The first-order valence-corrected chi connectivity index (χ1v) is 10.8. The Bertz CT molecular complexity index is 1190. The molecule has 0 spiro atoms. The van der Waals surface area contributed by atoms with E-state index in [1.54, 1.807) is 31.4 Å². The summed E-state index contributed by atoms with van der Waals surface area (Å²) in [5, 5.41) is 40.7. The van der Waals surface area contributed by atoms with Crippen LogP contribution in [0.2, 0.25) is 0 Å². The maximum absolute atomic E-state index is 10.7. The first-order chi connectivity index (χ1) is 16.4. The minimum absolute atomic E-state index is 0.152. The number of hydrogen-bond donors (Lipinski definition) is 4. The molecule has 4 rings (SSSR count). The van der Waals surface area contributed by atoms with Crippen molar-refractivity contribution in [1.82, 2.24) is 0 Å². The van der Waals surface area contributed by atoms with Crippen LogP contribution < -0.4 is 18.9 Å². The molecule has 0 bridgehead atoms. The summed E-state index contributed by atoms with van der Waals surface area (Å²) in [6.45, 7) is -0.528. The molecule has 0 unspecified atom stereocenters. The molecular weight excluding hydrogens is 440 g/mol. The first kappa shape index (κ1) is 23.5. The highest BCUT2D eigenvalue weighted by molar-refractivity contribution is 5.88. The van der Waals surface area contributed by atoms with Crippen LogP contribution in [0.1, 0.15) is 22.8 Å². The Labute approximate surface area is 197 Å². The van der Waals surface area contributed by atoms with E-state index in [-0.39, 0.29) is 23.0 Å². The fraction of sp³-hybridized carbons (Fsp3) is 0.308. The van der Waals surface area contributed by atoms with Crippen LogP contribution in [0.25, 0.3) is 11.1 Å². The van der Waals surface area contributed by atoms with Gasteiger partial charge in [0.25, 0.3) is 0 Å². The number of phenolic OH excluding ortho intramolecular Hbond substituents is 2. The third-order valence-corrected chi connectivity index (χ3v) is 5.98. The second-order valence-corrected chi connectivity index (χ2v) is 8.05. The van der Waals surface area contributed by atoms with Crippen molar-refractivity contribution >= 4 is 0 Å². The van der Waals surface area contributed by atoms with Crippen LogP contribution in [0.15, 0.2) is 42.5 Å². The number of phenols is 2. The van der Waals surface area contributed by atoms with Gasteiger partial charge in [-0.1, -0.05) is 12.1 Å². The van der Waals surface area contributed by atoms with Crippen molar-refractivity contribution in [3.05, 3.63) is 59.2 Å². The lowest BCUT2D eigenvalue weighted by Gasteiger charge is -2.33. The summed E-state index contributed by atoms with van der Waals surface area (Å²) in [6.07, 6.45) is -0.840. The zero-order valence-corrected chi connectivity index (χ0v) is 19.2. The van der Waals surface area contributed by atoms with Crippen LogP contribution >= 0.6 is 0 Å². The minimum Gasteiger partial charge on any atom is -0.508 e. The molecule has 8 nitrogen and oxygen atoms in total. The van der Waals surface area contributed by atoms with Gasteiger partial charge in [0.2, 0.25) is 5.75 Å². The summed E-state index contributed by atoms with van der Waals surface area (Å²) in [4.78, 5) is 0. The largest absolute Gasteiger partial charge is 0.508 e. The van der Waals surface area contributed by atoms with E-state index in [0.717, 1.165) is 11.1 Å². The Hall–Kier alpha value is -3.62. The van der Waals surface area contributed by atoms with Crippen molar-refractivity contribution in [2.75, 3.05) is 27.9 Å². The van der Waals surface area contributed by atoms with Gasteiger partial charge in [-0.15, -0.1) is 0 Å². The first-order valence-electron chi connectivity index (χ1n) is 10.8. The molecule has 1 heterocycles. The van der Waals surface area contributed by atoms with E-state index in [2.05, 4.69) is 0 Å². The SMILES string of the molecule is COc1cc2c(c(OC)c1O)-c1c(OC)cc(CCc3cccc(O)c3)cc1O[C@H]2[C@H](O)CO. The van der Waals surface area contributed by atoms with E-state index < -0.39 is 18.8 Å². The number of hydrogen-bond acceptors (Lipinski definition) is 8. The summed E-state index contributed by atoms with van der Waals surface area (Å²) in [7, 11) is 4.38. The quantitative estimate of drug-likeness (QED) is 0.398. The van der Waals surface area contributed by atoms with Crippen molar-refractivity contribution in [3.8, 4) is 45.6 Å². The van der Waals surface area contributed by atoms with E-state index in [4.69, 9.17) is 18.9 Å². The second kappa shape index (κ2) is 9.70. The van der Waals surface area contributed by atoms with E-state index >= 15 is 0 Å². The molecular formula is C26H28O8. The van der Waals surface area contributed by atoms with Gasteiger partial charge in [-0.25, -0.2) is 0 Å². The van der Waals surface area contributed by atoms with Gasteiger partial charge in [0, 0.05) is 11.1 Å². The molecule has 0 aliphatic carbocycles. The highest BCUT2D eigenvalue weighted by atomic mass is 16.5. The molecule has 0 aromatic heterocycles.